The third kappa shape index (κ3) is 2.88. The SMILES string of the molecule is FB(F)n1c(/C(=C2/C=CC=N2)C(F)(F)F)ccc1-c1cccs1. The van der Waals surface area contributed by atoms with E-state index in [2.05, 4.69) is 4.99 Å². The average Bonchev–Trinajstić information content (AvgIpc) is 3.18. The number of rotatable bonds is 3. The lowest BCUT2D eigenvalue weighted by molar-refractivity contribution is -0.0696. The Bertz CT molecular complexity index is 786. The van der Waals surface area contributed by atoms with Crippen LogP contribution in [0.3, 0.4) is 0 Å². The van der Waals surface area contributed by atoms with Crippen molar-refractivity contribution in [2.24, 2.45) is 4.99 Å². The third-order valence-electron chi connectivity index (χ3n) is 3.24. The van der Waals surface area contributed by atoms with Crippen molar-refractivity contribution in [1.29, 1.82) is 0 Å². The summed E-state index contributed by atoms with van der Waals surface area (Å²) in [5, 5.41) is 1.67. The summed E-state index contributed by atoms with van der Waals surface area (Å²) < 4.78 is 67.6. The van der Waals surface area contributed by atoms with Crippen LogP contribution in [-0.2, 0) is 0 Å². The van der Waals surface area contributed by atoms with Gasteiger partial charge in [0.1, 0.15) is 5.57 Å². The van der Waals surface area contributed by atoms with E-state index in [1.807, 2.05) is 0 Å². The van der Waals surface area contributed by atoms with Crippen LogP contribution in [0.25, 0.3) is 16.1 Å². The van der Waals surface area contributed by atoms with Crippen molar-refractivity contribution < 1.29 is 21.8 Å². The zero-order valence-electron chi connectivity index (χ0n) is 11.4. The maximum absolute atomic E-state index is 13.5. The van der Waals surface area contributed by atoms with E-state index in [-0.39, 0.29) is 11.4 Å². The normalized spacial score (nSPS) is 16.2. The lowest BCUT2D eigenvalue weighted by Crippen LogP contribution is -2.22. The second kappa shape index (κ2) is 5.80. The largest absolute Gasteiger partial charge is 0.678 e. The maximum atomic E-state index is 13.5. The van der Waals surface area contributed by atoms with E-state index < -0.39 is 24.8 Å². The summed E-state index contributed by atoms with van der Waals surface area (Å²) in [6.45, 7) is 0. The lowest BCUT2D eigenvalue weighted by atomic mass is 10.1. The molecule has 9 heteroatoms. The van der Waals surface area contributed by atoms with Crippen molar-refractivity contribution in [3.05, 3.63) is 53.2 Å². The molecule has 2 aromatic heterocycles. The van der Waals surface area contributed by atoms with Crippen molar-refractivity contribution in [3.63, 3.8) is 0 Å². The van der Waals surface area contributed by atoms with Crippen LogP contribution in [0.15, 0.2) is 52.5 Å². The number of thiophene rings is 1. The third-order valence-corrected chi connectivity index (χ3v) is 4.13. The molecule has 0 aliphatic carbocycles. The Labute approximate surface area is 132 Å². The minimum absolute atomic E-state index is 0.0401. The van der Waals surface area contributed by atoms with Crippen molar-refractivity contribution in [1.82, 2.24) is 4.48 Å². The zero-order valence-corrected chi connectivity index (χ0v) is 12.2. The number of aromatic nitrogens is 1. The quantitative estimate of drug-likeness (QED) is 0.558. The molecule has 0 amide bonds. The average molecular weight is 342 g/mol. The minimum Gasteiger partial charge on any atom is -0.324 e. The van der Waals surface area contributed by atoms with Crippen LogP contribution in [0.2, 0.25) is 0 Å². The molecule has 0 saturated heterocycles. The molecule has 0 spiro atoms. The second-order valence-corrected chi connectivity index (χ2v) is 5.57. The van der Waals surface area contributed by atoms with Crippen molar-refractivity contribution >= 4 is 30.5 Å². The number of alkyl halides is 3. The van der Waals surface area contributed by atoms with Gasteiger partial charge in [-0.25, -0.2) is 0 Å². The number of halogens is 5. The van der Waals surface area contributed by atoms with E-state index in [4.69, 9.17) is 0 Å². The van der Waals surface area contributed by atoms with Crippen LogP contribution in [0.5, 0.6) is 0 Å². The molecular weight excluding hydrogens is 334 g/mol. The summed E-state index contributed by atoms with van der Waals surface area (Å²) in [5.74, 6) is 0. The Hall–Kier alpha value is -2.16. The molecule has 118 valence electrons. The van der Waals surface area contributed by atoms with Crippen LogP contribution in [0.1, 0.15) is 5.69 Å². The summed E-state index contributed by atoms with van der Waals surface area (Å²) in [7, 11) is -3.11. The molecule has 0 atom stereocenters. The molecule has 2 aromatic rings. The van der Waals surface area contributed by atoms with E-state index in [1.165, 1.54) is 29.7 Å². The van der Waals surface area contributed by atoms with Crippen LogP contribution in [0, 0.1) is 0 Å². The van der Waals surface area contributed by atoms with Gasteiger partial charge in [-0.1, -0.05) is 6.07 Å². The van der Waals surface area contributed by atoms with Gasteiger partial charge in [-0.3, -0.25) is 13.6 Å². The molecule has 0 bridgehead atoms. The second-order valence-electron chi connectivity index (χ2n) is 4.62. The molecule has 1 aliphatic heterocycles. The Balaban J connectivity index is 2.25. The first kappa shape index (κ1) is 15.7. The molecule has 1 aliphatic rings. The fourth-order valence-corrected chi connectivity index (χ4v) is 3.11. The summed E-state index contributed by atoms with van der Waals surface area (Å²) in [5.41, 5.74) is -2.12. The molecule has 0 N–H and O–H groups in total. The molecule has 0 unspecified atom stereocenters. The first-order valence-corrected chi connectivity index (χ1v) is 7.33. The minimum atomic E-state index is -4.81. The highest BCUT2D eigenvalue weighted by atomic mass is 32.1. The first-order valence-electron chi connectivity index (χ1n) is 6.45. The predicted molar refractivity (Wildman–Crippen MR) is 81.7 cm³/mol. The zero-order chi connectivity index (χ0) is 16.6. The molecule has 3 rings (SSSR count). The molecule has 0 aromatic carbocycles. The van der Waals surface area contributed by atoms with E-state index in [0.29, 0.717) is 9.36 Å². The summed E-state index contributed by atoms with van der Waals surface area (Å²) >= 11 is 1.18. The van der Waals surface area contributed by atoms with Crippen molar-refractivity contribution in [2.75, 3.05) is 0 Å². The van der Waals surface area contributed by atoms with Gasteiger partial charge < -0.3 is 4.48 Å². The molecule has 23 heavy (non-hydrogen) atoms. The van der Waals surface area contributed by atoms with Gasteiger partial charge in [-0.2, -0.15) is 13.2 Å². The van der Waals surface area contributed by atoms with E-state index in [9.17, 15) is 21.8 Å². The number of allylic oxidation sites excluding steroid dienone is 3. The van der Waals surface area contributed by atoms with Crippen LogP contribution in [-0.4, -0.2) is 24.3 Å². The van der Waals surface area contributed by atoms with Gasteiger partial charge in [0.15, 0.2) is 0 Å². The Kier molecular flexibility index (Phi) is 3.97. The molecular formula is C14H8BF5N2S. The highest BCUT2D eigenvalue weighted by Gasteiger charge is 2.41. The van der Waals surface area contributed by atoms with Crippen LogP contribution in [0.4, 0.5) is 21.8 Å². The summed E-state index contributed by atoms with van der Waals surface area (Å²) in [6.07, 6.45) is -1.14. The fourth-order valence-electron chi connectivity index (χ4n) is 2.36. The van der Waals surface area contributed by atoms with Gasteiger partial charge >= 0.3 is 13.6 Å². The highest BCUT2D eigenvalue weighted by Crippen LogP contribution is 2.40. The van der Waals surface area contributed by atoms with Gasteiger partial charge in [0.05, 0.1) is 11.4 Å². The van der Waals surface area contributed by atoms with Crippen molar-refractivity contribution in [3.8, 4) is 10.6 Å². The number of nitrogens with zero attached hydrogens (tertiary/aromatic N) is 2. The Morgan fingerprint density at radius 3 is 2.48 bits per heavy atom. The topological polar surface area (TPSA) is 17.3 Å². The van der Waals surface area contributed by atoms with Crippen LogP contribution < -0.4 is 0 Å². The molecule has 0 saturated carbocycles. The molecule has 3 heterocycles. The predicted octanol–water partition coefficient (Wildman–Crippen LogP) is 4.90. The standard InChI is InChI=1S/C14H8BF5N2S/c16-14(17,18)13(9-3-1-7-21-9)11-6-5-10(22(11)15(19)20)12-4-2-8-23-12/h1-8H/b13-9+. The number of hydrogen-bond donors (Lipinski definition) is 0. The Morgan fingerprint density at radius 1 is 1.17 bits per heavy atom. The van der Waals surface area contributed by atoms with Crippen LogP contribution >= 0.6 is 11.3 Å². The lowest BCUT2D eigenvalue weighted by Gasteiger charge is -2.16. The van der Waals surface area contributed by atoms with E-state index in [0.717, 1.165) is 12.1 Å². The maximum Gasteiger partial charge on any atom is 0.678 e. The van der Waals surface area contributed by atoms with E-state index >= 15 is 0 Å². The van der Waals surface area contributed by atoms with Gasteiger partial charge in [0, 0.05) is 16.8 Å². The van der Waals surface area contributed by atoms with Gasteiger partial charge in [-0.05, 0) is 35.7 Å². The summed E-state index contributed by atoms with van der Waals surface area (Å²) in [4.78, 5) is 4.09. The number of aliphatic imine (C=N–C) groups is 1. The van der Waals surface area contributed by atoms with Gasteiger partial charge in [0.25, 0.3) is 0 Å². The monoisotopic (exact) mass is 342 g/mol. The highest BCUT2D eigenvalue weighted by molar-refractivity contribution is 7.13. The van der Waals surface area contributed by atoms with Gasteiger partial charge in [0.2, 0.25) is 0 Å². The fraction of sp³-hybridized carbons (Fsp3) is 0.0714. The molecule has 0 fully saturated rings. The Morgan fingerprint density at radius 2 is 1.96 bits per heavy atom. The summed E-state index contributed by atoms with van der Waals surface area (Å²) in [6, 6.07) is 5.55. The molecule has 0 radical (unpaired) electrons. The number of hydrogen-bond acceptors (Lipinski definition) is 2. The van der Waals surface area contributed by atoms with E-state index in [1.54, 1.807) is 17.5 Å². The smallest absolute Gasteiger partial charge is 0.324 e. The molecule has 2 nitrogen and oxygen atoms in total. The van der Waals surface area contributed by atoms with Gasteiger partial charge in [-0.15, -0.1) is 11.3 Å². The van der Waals surface area contributed by atoms with Crippen molar-refractivity contribution in [2.45, 2.75) is 6.18 Å². The first-order chi connectivity index (χ1) is 10.9.